The summed E-state index contributed by atoms with van der Waals surface area (Å²) >= 11 is 3.20. The molecule has 2 aromatic rings. The highest BCUT2D eigenvalue weighted by molar-refractivity contribution is 9.10. The zero-order valence-electron chi connectivity index (χ0n) is 8.95. The van der Waals surface area contributed by atoms with Crippen LogP contribution in [-0.2, 0) is 0 Å². The van der Waals surface area contributed by atoms with Gasteiger partial charge in [0.15, 0.2) is 11.6 Å². The molecule has 0 amide bonds. The standard InChI is InChI=1S/C13H6BrF2NO/c14-9-4-8(7-17)5-10(6-9)18-12-3-1-2-11(15)13(12)16/h1-6H. The Morgan fingerprint density at radius 1 is 1.17 bits per heavy atom. The van der Waals surface area contributed by atoms with Crippen LogP contribution in [0.1, 0.15) is 5.56 Å². The summed E-state index contributed by atoms with van der Waals surface area (Å²) in [6.45, 7) is 0. The number of rotatable bonds is 2. The number of benzene rings is 2. The van der Waals surface area contributed by atoms with Crippen LogP contribution in [0, 0.1) is 23.0 Å². The van der Waals surface area contributed by atoms with Gasteiger partial charge in [-0.2, -0.15) is 9.65 Å². The summed E-state index contributed by atoms with van der Waals surface area (Å²) < 4.78 is 32.2. The Labute approximate surface area is 111 Å². The minimum absolute atomic E-state index is 0.225. The number of ether oxygens (including phenoxy) is 1. The van der Waals surface area contributed by atoms with E-state index in [-0.39, 0.29) is 11.5 Å². The first-order valence-electron chi connectivity index (χ1n) is 4.92. The molecule has 0 fully saturated rings. The van der Waals surface area contributed by atoms with Crippen molar-refractivity contribution in [1.82, 2.24) is 0 Å². The summed E-state index contributed by atoms with van der Waals surface area (Å²) in [6.07, 6.45) is 0. The fourth-order valence-electron chi connectivity index (χ4n) is 1.38. The second kappa shape index (κ2) is 5.15. The fourth-order valence-corrected chi connectivity index (χ4v) is 1.85. The van der Waals surface area contributed by atoms with Crippen molar-refractivity contribution in [2.75, 3.05) is 0 Å². The van der Waals surface area contributed by atoms with Crippen LogP contribution < -0.4 is 4.74 Å². The second-order valence-corrected chi connectivity index (χ2v) is 4.36. The van der Waals surface area contributed by atoms with Crippen LogP contribution in [0.2, 0.25) is 0 Å². The highest BCUT2D eigenvalue weighted by Gasteiger charge is 2.10. The van der Waals surface area contributed by atoms with Crippen molar-refractivity contribution in [2.24, 2.45) is 0 Å². The Morgan fingerprint density at radius 2 is 1.94 bits per heavy atom. The molecule has 2 rings (SSSR count). The smallest absolute Gasteiger partial charge is 0.201 e. The Balaban J connectivity index is 2.37. The first kappa shape index (κ1) is 12.5. The van der Waals surface area contributed by atoms with E-state index < -0.39 is 11.6 Å². The molecule has 0 saturated heterocycles. The van der Waals surface area contributed by atoms with Crippen molar-refractivity contribution in [2.45, 2.75) is 0 Å². The van der Waals surface area contributed by atoms with Crippen molar-refractivity contribution < 1.29 is 13.5 Å². The first-order valence-corrected chi connectivity index (χ1v) is 5.72. The molecule has 0 aromatic heterocycles. The number of hydrogen-bond donors (Lipinski definition) is 0. The van der Waals surface area contributed by atoms with Crippen LogP contribution in [0.3, 0.4) is 0 Å². The lowest BCUT2D eigenvalue weighted by atomic mass is 10.2. The first-order chi connectivity index (χ1) is 8.60. The fraction of sp³-hybridized carbons (Fsp3) is 0. The van der Waals surface area contributed by atoms with E-state index in [9.17, 15) is 8.78 Å². The third-order valence-corrected chi connectivity index (χ3v) is 2.60. The Morgan fingerprint density at radius 3 is 2.67 bits per heavy atom. The van der Waals surface area contributed by atoms with Gasteiger partial charge >= 0.3 is 0 Å². The highest BCUT2D eigenvalue weighted by atomic mass is 79.9. The molecule has 0 bridgehead atoms. The molecular weight excluding hydrogens is 304 g/mol. The highest BCUT2D eigenvalue weighted by Crippen LogP contribution is 2.28. The maximum Gasteiger partial charge on any atom is 0.201 e. The van der Waals surface area contributed by atoms with E-state index in [0.29, 0.717) is 10.0 Å². The summed E-state index contributed by atoms with van der Waals surface area (Å²) in [6, 6.07) is 10.2. The van der Waals surface area contributed by atoms with Crippen LogP contribution in [0.5, 0.6) is 11.5 Å². The van der Waals surface area contributed by atoms with Crippen LogP contribution in [0.25, 0.3) is 0 Å². The summed E-state index contributed by atoms with van der Waals surface area (Å²) in [4.78, 5) is 0. The van der Waals surface area contributed by atoms with Crippen LogP contribution in [-0.4, -0.2) is 0 Å². The van der Waals surface area contributed by atoms with Gasteiger partial charge in [0.2, 0.25) is 5.82 Å². The lowest BCUT2D eigenvalue weighted by Gasteiger charge is -2.07. The van der Waals surface area contributed by atoms with E-state index in [4.69, 9.17) is 10.00 Å². The van der Waals surface area contributed by atoms with E-state index in [0.717, 1.165) is 6.07 Å². The lowest BCUT2D eigenvalue weighted by Crippen LogP contribution is -1.92. The van der Waals surface area contributed by atoms with Crippen molar-refractivity contribution in [3.05, 3.63) is 58.1 Å². The minimum Gasteiger partial charge on any atom is -0.454 e. The molecule has 0 radical (unpaired) electrons. The van der Waals surface area contributed by atoms with Gasteiger partial charge in [-0.1, -0.05) is 22.0 Å². The van der Waals surface area contributed by atoms with Crippen LogP contribution in [0.4, 0.5) is 8.78 Å². The van der Waals surface area contributed by atoms with Crippen molar-refractivity contribution in [3.8, 4) is 17.6 Å². The van der Waals surface area contributed by atoms with Crippen molar-refractivity contribution in [1.29, 1.82) is 5.26 Å². The predicted octanol–water partition coefficient (Wildman–Crippen LogP) is 4.39. The lowest BCUT2D eigenvalue weighted by molar-refractivity contribution is 0.416. The van der Waals surface area contributed by atoms with E-state index in [1.165, 1.54) is 18.2 Å². The topological polar surface area (TPSA) is 33.0 Å². The monoisotopic (exact) mass is 309 g/mol. The average Bonchev–Trinajstić information content (AvgIpc) is 2.34. The molecule has 0 aliphatic heterocycles. The summed E-state index contributed by atoms with van der Waals surface area (Å²) in [7, 11) is 0. The normalized spacial score (nSPS) is 9.89. The Bertz CT molecular complexity index is 637. The molecule has 18 heavy (non-hydrogen) atoms. The van der Waals surface area contributed by atoms with Gasteiger partial charge in [-0.05, 0) is 30.3 Å². The van der Waals surface area contributed by atoms with Gasteiger partial charge in [0.25, 0.3) is 0 Å². The Kier molecular flexibility index (Phi) is 3.58. The van der Waals surface area contributed by atoms with Gasteiger partial charge < -0.3 is 4.74 Å². The zero-order chi connectivity index (χ0) is 13.1. The van der Waals surface area contributed by atoms with E-state index in [1.54, 1.807) is 12.1 Å². The quantitative estimate of drug-likeness (QED) is 0.824. The van der Waals surface area contributed by atoms with Gasteiger partial charge in [0.1, 0.15) is 5.75 Å². The molecule has 2 aromatic carbocycles. The van der Waals surface area contributed by atoms with E-state index in [1.807, 2.05) is 6.07 Å². The van der Waals surface area contributed by atoms with Gasteiger partial charge in [0, 0.05) is 4.47 Å². The maximum absolute atomic E-state index is 13.4. The second-order valence-electron chi connectivity index (χ2n) is 3.44. The van der Waals surface area contributed by atoms with Gasteiger partial charge in [-0.15, -0.1) is 0 Å². The molecule has 0 heterocycles. The zero-order valence-corrected chi connectivity index (χ0v) is 10.5. The van der Waals surface area contributed by atoms with E-state index in [2.05, 4.69) is 15.9 Å². The predicted molar refractivity (Wildman–Crippen MR) is 65.3 cm³/mol. The molecule has 0 aliphatic carbocycles. The van der Waals surface area contributed by atoms with E-state index >= 15 is 0 Å². The SMILES string of the molecule is N#Cc1cc(Br)cc(Oc2cccc(F)c2F)c1. The molecule has 0 atom stereocenters. The third kappa shape index (κ3) is 2.66. The van der Waals surface area contributed by atoms with Crippen molar-refractivity contribution >= 4 is 15.9 Å². The molecule has 0 spiro atoms. The molecule has 5 heteroatoms. The molecule has 0 N–H and O–H groups in total. The number of hydrogen-bond acceptors (Lipinski definition) is 2. The maximum atomic E-state index is 13.4. The summed E-state index contributed by atoms with van der Waals surface area (Å²) in [5.41, 5.74) is 0.358. The van der Waals surface area contributed by atoms with Crippen LogP contribution in [0.15, 0.2) is 40.9 Å². The van der Waals surface area contributed by atoms with Gasteiger partial charge in [-0.3, -0.25) is 0 Å². The molecule has 0 aliphatic rings. The van der Waals surface area contributed by atoms with Gasteiger partial charge in [-0.25, -0.2) is 4.39 Å². The molecule has 0 saturated carbocycles. The number of nitriles is 1. The molecule has 90 valence electrons. The molecular formula is C13H6BrF2NO. The summed E-state index contributed by atoms with van der Waals surface area (Å²) in [5.74, 6) is -2.01. The number of nitrogens with zero attached hydrogens (tertiary/aromatic N) is 1. The van der Waals surface area contributed by atoms with Crippen molar-refractivity contribution in [3.63, 3.8) is 0 Å². The molecule has 2 nitrogen and oxygen atoms in total. The largest absolute Gasteiger partial charge is 0.454 e. The third-order valence-electron chi connectivity index (χ3n) is 2.14. The molecule has 0 unspecified atom stereocenters. The average molecular weight is 310 g/mol. The number of halogens is 3. The minimum atomic E-state index is -1.06. The summed E-state index contributed by atoms with van der Waals surface area (Å²) in [5, 5.41) is 8.79. The van der Waals surface area contributed by atoms with Crippen LogP contribution >= 0.6 is 15.9 Å². The van der Waals surface area contributed by atoms with Gasteiger partial charge in [0.05, 0.1) is 11.6 Å². The Hall–Kier alpha value is -1.93.